The van der Waals surface area contributed by atoms with Gasteiger partial charge in [0, 0.05) is 42.9 Å². The summed E-state index contributed by atoms with van der Waals surface area (Å²) >= 11 is 1.61. The van der Waals surface area contributed by atoms with Crippen LogP contribution in [-0.2, 0) is 13.0 Å². The summed E-state index contributed by atoms with van der Waals surface area (Å²) in [4.78, 5) is 20.4. The summed E-state index contributed by atoms with van der Waals surface area (Å²) in [6.07, 6.45) is 1.57. The number of carbonyl (C=O) groups excluding carboxylic acids is 1. The molecule has 138 valence electrons. The van der Waals surface area contributed by atoms with E-state index in [1.165, 1.54) is 0 Å². The Hall–Kier alpha value is -2.32. The molecule has 0 aliphatic carbocycles. The lowest BCUT2D eigenvalue weighted by molar-refractivity contribution is 0.181. The van der Waals surface area contributed by atoms with Crippen LogP contribution < -0.4 is 21.1 Å². The second kappa shape index (κ2) is 7.51. The van der Waals surface area contributed by atoms with E-state index >= 15 is 0 Å². The molecule has 2 aliphatic heterocycles. The van der Waals surface area contributed by atoms with Gasteiger partial charge < -0.3 is 26.0 Å². The number of hydrogen-bond donors (Lipinski definition) is 3. The predicted molar refractivity (Wildman–Crippen MR) is 102 cm³/mol. The molecule has 8 heteroatoms. The van der Waals surface area contributed by atoms with Crippen LogP contribution in [0.5, 0.6) is 5.75 Å². The van der Waals surface area contributed by atoms with Crippen LogP contribution in [0.15, 0.2) is 24.3 Å². The average Bonchev–Trinajstić information content (AvgIpc) is 3.08. The van der Waals surface area contributed by atoms with E-state index in [4.69, 9.17) is 10.5 Å². The summed E-state index contributed by atoms with van der Waals surface area (Å²) < 4.78 is 5.67. The molecule has 1 atom stereocenters. The lowest BCUT2D eigenvalue weighted by Crippen LogP contribution is -2.44. The molecule has 0 spiro atoms. The van der Waals surface area contributed by atoms with E-state index in [-0.39, 0.29) is 12.1 Å². The maximum Gasteiger partial charge on any atom is 0.318 e. The Morgan fingerprint density at radius 2 is 2.31 bits per heavy atom. The lowest BCUT2D eigenvalue weighted by Gasteiger charge is -2.31. The van der Waals surface area contributed by atoms with Gasteiger partial charge in [-0.2, -0.15) is 0 Å². The fraction of sp³-hybridized carbons (Fsp3) is 0.444. The van der Waals surface area contributed by atoms with Crippen LogP contribution >= 0.6 is 11.3 Å². The van der Waals surface area contributed by atoms with Gasteiger partial charge in [-0.1, -0.05) is 29.5 Å². The minimum absolute atomic E-state index is 0.00269. The van der Waals surface area contributed by atoms with Gasteiger partial charge in [-0.3, -0.25) is 0 Å². The molecule has 2 amide bonds. The van der Waals surface area contributed by atoms with Gasteiger partial charge in [0.15, 0.2) is 5.13 Å². The molecule has 1 aromatic carbocycles. The third kappa shape index (κ3) is 3.47. The number of benzene rings is 1. The van der Waals surface area contributed by atoms with Crippen LogP contribution in [0, 0.1) is 0 Å². The first kappa shape index (κ1) is 17.1. The van der Waals surface area contributed by atoms with E-state index in [0.29, 0.717) is 32.8 Å². The van der Waals surface area contributed by atoms with Crippen molar-refractivity contribution in [3.8, 4) is 5.75 Å². The zero-order valence-electron chi connectivity index (χ0n) is 14.5. The summed E-state index contributed by atoms with van der Waals surface area (Å²) in [6, 6.07) is 7.88. The van der Waals surface area contributed by atoms with Crippen molar-refractivity contribution in [1.29, 1.82) is 0 Å². The second-order valence-electron chi connectivity index (χ2n) is 6.45. The van der Waals surface area contributed by atoms with Crippen LogP contribution in [0.3, 0.4) is 0 Å². The number of hydrogen-bond acceptors (Lipinski definition) is 6. The topological polar surface area (TPSA) is 92.5 Å². The molecule has 4 N–H and O–H groups in total. The number of nitrogens with zero attached hydrogens (tertiary/aromatic N) is 2. The first-order valence-corrected chi connectivity index (χ1v) is 9.76. The molecule has 0 bridgehead atoms. The normalized spacial score (nSPS) is 18.5. The Kier molecular flexibility index (Phi) is 4.94. The van der Waals surface area contributed by atoms with Crippen LogP contribution in [0.25, 0.3) is 0 Å². The molecule has 2 aliphatic rings. The van der Waals surface area contributed by atoms with E-state index in [9.17, 15) is 4.79 Å². The minimum Gasteiger partial charge on any atom is -0.493 e. The molecular formula is C18H23N5O2S. The number of anilines is 1. The molecule has 0 saturated heterocycles. The number of nitrogens with two attached hydrogens (primary N) is 1. The minimum atomic E-state index is -0.0257. The first-order valence-electron chi connectivity index (χ1n) is 8.94. The highest BCUT2D eigenvalue weighted by Crippen LogP contribution is 2.32. The Bertz CT molecular complexity index is 794. The third-order valence-corrected chi connectivity index (χ3v) is 5.74. The molecule has 0 saturated carbocycles. The predicted octanol–water partition coefficient (Wildman–Crippen LogP) is 2.11. The van der Waals surface area contributed by atoms with Crippen LogP contribution in [0.4, 0.5) is 9.93 Å². The average molecular weight is 373 g/mol. The Balaban J connectivity index is 1.41. The van der Waals surface area contributed by atoms with Crippen molar-refractivity contribution in [2.24, 2.45) is 5.73 Å². The standard InChI is InChI=1S/C18H23N5O2S/c19-7-8-20-17-21-14-5-9-23(11-16(14)26-17)18(24)22-13-6-10-25-15-4-2-1-3-12(13)15/h1-4,13H,5-11,19H2,(H,20,21)(H,22,24)/t13-/m0/s1. The van der Waals surface area contributed by atoms with Crippen LogP contribution in [-0.4, -0.2) is 42.2 Å². The fourth-order valence-electron chi connectivity index (χ4n) is 3.36. The zero-order valence-corrected chi connectivity index (χ0v) is 15.3. The van der Waals surface area contributed by atoms with Crippen molar-refractivity contribution in [1.82, 2.24) is 15.2 Å². The van der Waals surface area contributed by atoms with Gasteiger partial charge in [-0.15, -0.1) is 0 Å². The number of amides is 2. The third-order valence-electron chi connectivity index (χ3n) is 4.70. The largest absolute Gasteiger partial charge is 0.493 e. The van der Waals surface area contributed by atoms with Crippen LogP contribution in [0.2, 0.25) is 0 Å². The number of fused-ring (bicyclic) bond motifs is 2. The second-order valence-corrected chi connectivity index (χ2v) is 7.54. The van der Waals surface area contributed by atoms with Gasteiger partial charge >= 0.3 is 6.03 Å². The van der Waals surface area contributed by atoms with Crippen molar-refractivity contribution in [3.05, 3.63) is 40.4 Å². The Morgan fingerprint density at radius 3 is 3.19 bits per heavy atom. The summed E-state index contributed by atoms with van der Waals surface area (Å²) in [5.41, 5.74) is 7.67. The summed E-state index contributed by atoms with van der Waals surface area (Å²) in [6.45, 7) is 3.19. The molecular weight excluding hydrogens is 350 g/mol. The highest BCUT2D eigenvalue weighted by Gasteiger charge is 2.28. The molecule has 0 unspecified atom stereocenters. The van der Waals surface area contributed by atoms with E-state index in [2.05, 4.69) is 15.6 Å². The molecule has 2 aromatic rings. The molecule has 3 heterocycles. The van der Waals surface area contributed by atoms with Gasteiger partial charge in [0.1, 0.15) is 5.75 Å². The highest BCUT2D eigenvalue weighted by molar-refractivity contribution is 7.15. The summed E-state index contributed by atoms with van der Waals surface area (Å²) in [5, 5.41) is 7.29. The van der Waals surface area contributed by atoms with Gasteiger partial charge in [-0.05, 0) is 6.07 Å². The first-order chi connectivity index (χ1) is 12.7. The van der Waals surface area contributed by atoms with Crippen molar-refractivity contribution in [2.45, 2.75) is 25.4 Å². The maximum absolute atomic E-state index is 12.8. The van der Waals surface area contributed by atoms with Gasteiger partial charge in [0.05, 0.1) is 24.9 Å². The lowest BCUT2D eigenvalue weighted by atomic mass is 10.0. The van der Waals surface area contributed by atoms with Gasteiger partial charge in [0.2, 0.25) is 0 Å². The Morgan fingerprint density at radius 1 is 1.42 bits per heavy atom. The molecule has 7 nitrogen and oxygen atoms in total. The monoisotopic (exact) mass is 373 g/mol. The van der Waals surface area contributed by atoms with Crippen molar-refractivity contribution < 1.29 is 9.53 Å². The molecule has 1 aromatic heterocycles. The highest BCUT2D eigenvalue weighted by atomic mass is 32.1. The number of thiazole rings is 1. The van der Waals surface area contributed by atoms with Gasteiger partial charge in [0.25, 0.3) is 0 Å². The quantitative estimate of drug-likeness (QED) is 0.763. The smallest absolute Gasteiger partial charge is 0.318 e. The molecule has 0 radical (unpaired) electrons. The molecule has 4 rings (SSSR count). The number of nitrogens with one attached hydrogen (secondary N) is 2. The molecule has 26 heavy (non-hydrogen) atoms. The van der Waals surface area contributed by atoms with E-state index in [0.717, 1.165) is 39.9 Å². The van der Waals surface area contributed by atoms with E-state index in [1.807, 2.05) is 29.2 Å². The fourth-order valence-corrected chi connectivity index (χ4v) is 4.41. The van der Waals surface area contributed by atoms with Crippen molar-refractivity contribution in [3.63, 3.8) is 0 Å². The van der Waals surface area contributed by atoms with E-state index in [1.54, 1.807) is 11.3 Å². The number of ether oxygens (including phenoxy) is 1. The van der Waals surface area contributed by atoms with Gasteiger partial charge in [-0.25, -0.2) is 9.78 Å². The van der Waals surface area contributed by atoms with E-state index < -0.39 is 0 Å². The van der Waals surface area contributed by atoms with Crippen LogP contribution in [0.1, 0.15) is 28.6 Å². The Labute approximate surface area is 156 Å². The SMILES string of the molecule is NCCNc1nc2c(s1)CN(C(=O)N[C@H]1CCOc3ccccc31)CC2. The molecule has 0 fully saturated rings. The summed E-state index contributed by atoms with van der Waals surface area (Å²) in [5.74, 6) is 0.864. The number of aromatic nitrogens is 1. The number of urea groups is 1. The number of para-hydroxylation sites is 1. The maximum atomic E-state index is 12.8. The number of rotatable bonds is 4. The summed E-state index contributed by atoms with van der Waals surface area (Å²) in [7, 11) is 0. The van der Waals surface area contributed by atoms with Crippen molar-refractivity contribution >= 4 is 22.5 Å². The van der Waals surface area contributed by atoms with Crippen molar-refractivity contribution in [2.75, 3.05) is 31.6 Å². The number of carbonyl (C=O) groups is 1. The zero-order chi connectivity index (χ0) is 17.9.